The van der Waals surface area contributed by atoms with Crippen LogP contribution in [0.15, 0.2) is 59.5 Å². The number of nitrogens with zero attached hydrogens (tertiary/aromatic N) is 2. The van der Waals surface area contributed by atoms with Gasteiger partial charge in [-0.3, -0.25) is 0 Å². The predicted molar refractivity (Wildman–Crippen MR) is 126 cm³/mol. The monoisotopic (exact) mass is 454 g/mol. The molecule has 0 saturated carbocycles. The Kier molecular flexibility index (Phi) is 6.03. The summed E-state index contributed by atoms with van der Waals surface area (Å²) in [5.74, 6) is 0.0257. The molecule has 0 bridgehead atoms. The Bertz CT molecular complexity index is 1220. The van der Waals surface area contributed by atoms with E-state index in [1.165, 1.54) is 5.56 Å². The smallest absolute Gasteiger partial charge is 0.410 e. The predicted octanol–water partition coefficient (Wildman–Crippen LogP) is 4.45. The molecule has 170 valence electrons. The van der Waals surface area contributed by atoms with Crippen molar-refractivity contribution in [2.24, 2.45) is 0 Å². The van der Waals surface area contributed by atoms with Crippen molar-refractivity contribution in [1.29, 1.82) is 0 Å². The third kappa shape index (κ3) is 4.67. The number of sulfone groups is 1. The van der Waals surface area contributed by atoms with Crippen LogP contribution >= 0.6 is 0 Å². The molecule has 7 heteroatoms. The molecule has 0 atom stereocenters. The number of aryl methyl sites for hydroxylation is 1. The van der Waals surface area contributed by atoms with Gasteiger partial charge in [0.1, 0.15) is 5.60 Å². The maximum atomic E-state index is 12.9. The molecule has 0 N–H and O–H groups in total. The quantitative estimate of drug-likeness (QED) is 0.584. The van der Waals surface area contributed by atoms with Gasteiger partial charge < -0.3 is 14.2 Å². The summed E-state index contributed by atoms with van der Waals surface area (Å²) >= 11 is 0. The highest BCUT2D eigenvalue weighted by Crippen LogP contribution is 2.30. The van der Waals surface area contributed by atoms with Gasteiger partial charge in [0.25, 0.3) is 0 Å². The van der Waals surface area contributed by atoms with Crippen LogP contribution in [0.3, 0.4) is 0 Å². The zero-order valence-electron chi connectivity index (χ0n) is 18.9. The first-order chi connectivity index (χ1) is 15.2. The van der Waals surface area contributed by atoms with E-state index in [1.807, 2.05) is 45.0 Å². The number of rotatable bonds is 4. The number of aromatic nitrogens is 1. The van der Waals surface area contributed by atoms with Gasteiger partial charge >= 0.3 is 6.09 Å². The second kappa shape index (κ2) is 8.62. The maximum absolute atomic E-state index is 12.9. The van der Waals surface area contributed by atoms with E-state index in [9.17, 15) is 13.2 Å². The molecule has 1 aliphatic rings. The molecule has 1 amide bonds. The minimum atomic E-state index is -3.39. The minimum absolute atomic E-state index is 0.0257. The molecule has 32 heavy (non-hydrogen) atoms. The van der Waals surface area contributed by atoms with Gasteiger partial charge in [-0.05, 0) is 51.0 Å². The van der Waals surface area contributed by atoms with Gasteiger partial charge in [-0.1, -0.05) is 36.4 Å². The average Bonchev–Trinajstić information content (AvgIpc) is 2.88. The lowest BCUT2D eigenvalue weighted by molar-refractivity contribution is 0.0258. The topological polar surface area (TPSA) is 68.6 Å². The van der Waals surface area contributed by atoms with Crippen molar-refractivity contribution in [3.8, 4) is 0 Å². The lowest BCUT2D eigenvalue weighted by Crippen LogP contribution is -2.38. The van der Waals surface area contributed by atoms with Crippen molar-refractivity contribution >= 4 is 26.8 Å². The van der Waals surface area contributed by atoms with Gasteiger partial charge in [-0.2, -0.15) is 0 Å². The van der Waals surface area contributed by atoms with Crippen LogP contribution < -0.4 is 0 Å². The number of amides is 1. The van der Waals surface area contributed by atoms with Crippen LogP contribution in [-0.4, -0.2) is 48.4 Å². The Morgan fingerprint density at radius 2 is 1.62 bits per heavy atom. The molecule has 0 unspecified atom stereocenters. The molecule has 0 spiro atoms. The second-order valence-electron chi connectivity index (χ2n) is 9.19. The van der Waals surface area contributed by atoms with Crippen molar-refractivity contribution in [2.45, 2.75) is 50.7 Å². The molecule has 0 aliphatic carbocycles. The Balaban J connectivity index is 1.61. The van der Waals surface area contributed by atoms with Crippen molar-refractivity contribution in [3.63, 3.8) is 0 Å². The molecule has 0 saturated heterocycles. The number of hydrogen-bond acceptors (Lipinski definition) is 4. The van der Waals surface area contributed by atoms with E-state index in [2.05, 4.69) is 10.6 Å². The second-order valence-corrected chi connectivity index (χ2v) is 11.3. The highest BCUT2D eigenvalue weighted by molar-refractivity contribution is 7.91. The van der Waals surface area contributed by atoms with Crippen LogP contribution in [0.25, 0.3) is 10.9 Å². The van der Waals surface area contributed by atoms with E-state index >= 15 is 0 Å². The number of hydrogen-bond donors (Lipinski definition) is 0. The fourth-order valence-electron chi connectivity index (χ4n) is 4.31. The molecule has 2 heterocycles. The van der Waals surface area contributed by atoms with Gasteiger partial charge in [0.15, 0.2) is 9.84 Å². The van der Waals surface area contributed by atoms with Crippen molar-refractivity contribution in [2.75, 3.05) is 18.8 Å². The molecule has 3 aromatic rings. The molecule has 4 rings (SSSR count). The molecular formula is C25H30N2O4S. The molecule has 0 fully saturated rings. The summed E-state index contributed by atoms with van der Waals surface area (Å²) in [6.07, 6.45) is 1.08. The van der Waals surface area contributed by atoms with Crippen LogP contribution in [0.5, 0.6) is 0 Å². The molecule has 6 nitrogen and oxygen atoms in total. The van der Waals surface area contributed by atoms with E-state index in [4.69, 9.17) is 4.74 Å². The SMILES string of the molecule is CC(C)(C)OC(=O)N1CCc2c(n(CCS(=O)(=O)c3ccccc3)c3ccccc23)CC1. The zero-order valence-corrected chi connectivity index (χ0v) is 19.7. The van der Waals surface area contributed by atoms with Crippen LogP contribution in [0.2, 0.25) is 0 Å². The van der Waals surface area contributed by atoms with Gasteiger partial charge in [-0.15, -0.1) is 0 Å². The highest BCUT2D eigenvalue weighted by atomic mass is 32.2. The number of benzene rings is 2. The van der Waals surface area contributed by atoms with Crippen LogP contribution in [0.4, 0.5) is 4.79 Å². The van der Waals surface area contributed by atoms with E-state index in [1.54, 1.807) is 29.2 Å². The summed E-state index contributed by atoms with van der Waals surface area (Å²) in [4.78, 5) is 14.7. The van der Waals surface area contributed by atoms with E-state index in [0.717, 1.165) is 16.6 Å². The fourth-order valence-corrected chi connectivity index (χ4v) is 5.54. The lowest BCUT2D eigenvalue weighted by atomic mass is 10.1. The van der Waals surface area contributed by atoms with E-state index in [0.29, 0.717) is 37.4 Å². The summed E-state index contributed by atoms with van der Waals surface area (Å²) in [5, 5.41) is 1.13. The summed E-state index contributed by atoms with van der Waals surface area (Å²) in [6, 6.07) is 16.7. The summed E-state index contributed by atoms with van der Waals surface area (Å²) < 4.78 is 33.5. The number of ether oxygens (including phenoxy) is 1. The lowest BCUT2D eigenvalue weighted by Gasteiger charge is -2.26. The number of carbonyl (C=O) groups is 1. The fraction of sp³-hybridized carbons (Fsp3) is 0.400. The van der Waals surface area contributed by atoms with Gasteiger partial charge in [0.2, 0.25) is 0 Å². The number of para-hydroxylation sites is 1. The minimum Gasteiger partial charge on any atom is -0.444 e. The third-order valence-corrected chi connectivity index (χ3v) is 7.49. The Morgan fingerprint density at radius 3 is 2.34 bits per heavy atom. The number of fused-ring (bicyclic) bond motifs is 3. The first-order valence-electron chi connectivity index (χ1n) is 11.0. The van der Waals surface area contributed by atoms with Crippen molar-refractivity contribution < 1.29 is 17.9 Å². The van der Waals surface area contributed by atoms with E-state index in [-0.39, 0.29) is 11.8 Å². The normalized spacial score (nSPS) is 14.8. The standard InChI is InChI=1S/C25H30N2O4S/c1-25(2,3)31-24(28)26-15-13-21-20-11-7-8-12-22(20)27(23(21)14-16-26)17-18-32(29,30)19-9-5-4-6-10-19/h4-12H,13-18H2,1-3H3. The Morgan fingerprint density at radius 1 is 0.969 bits per heavy atom. The molecule has 0 radical (unpaired) electrons. The van der Waals surface area contributed by atoms with Gasteiger partial charge in [0, 0.05) is 42.7 Å². The molecular weight excluding hydrogens is 424 g/mol. The average molecular weight is 455 g/mol. The zero-order chi connectivity index (χ0) is 22.9. The summed E-state index contributed by atoms with van der Waals surface area (Å²) in [7, 11) is -3.39. The first-order valence-corrected chi connectivity index (χ1v) is 12.7. The number of carbonyl (C=O) groups excluding carboxylic acids is 1. The first kappa shape index (κ1) is 22.4. The van der Waals surface area contributed by atoms with Crippen LogP contribution in [0.1, 0.15) is 32.0 Å². The summed E-state index contributed by atoms with van der Waals surface area (Å²) in [5.41, 5.74) is 2.82. The third-order valence-electron chi connectivity index (χ3n) is 5.78. The van der Waals surface area contributed by atoms with Gasteiger partial charge in [-0.25, -0.2) is 13.2 Å². The molecule has 1 aliphatic heterocycles. The molecule has 2 aromatic carbocycles. The summed E-state index contributed by atoms with van der Waals surface area (Å²) in [6.45, 7) is 7.10. The maximum Gasteiger partial charge on any atom is 0.410 e. The van der Waals surface area contributed by atoms with Crippen molar-refractivity contribution in [3.05, 3.63) is 65.9 Å². The van der Waals surface area contributed by atoms with Crippen molar-refractivity contribution in [1.82, 2.24) is 9.47 Å². The molecule has 1 aromatic heterocycles. The van der Waals surface area contributed by atoms with Crippen LogP contribution in [0, 0.1) is 0 Å². The highest BCUT2D eigenvalue weighted by Gasteiger charge is 2.27. The van der Waals surface area contributed by atoms with Crippen LogP contribution in [-0.2, 0) is 34.0 Å². The van der Waals surface area contributed by atoms with E-state index < -0.39 is 15.4 Å². The Labute approximate surface area is 189 Å². The Hall–Kier alpha value is -2.80. The largest absolute Gasteiger partial charge is 0.444 e. The van der Waals surface area contributed by atoms with Gasteiger partial charge in [0.05, 0.1) is 10.6 Å².